The summed E-state index contributed by atoms with van der Waals surface area (Å²) in [7, 11) is 0. The van der Waals surface area contributed by atoms with Crippen molar-refractivity contribution < 1.29 is 0 Å². The van der Waals surface area contributed by atoms with Crippen molar-refractivity contribution in [3.05, 3.63) is 46.1 Å². The van der Waals surface area contributed by atoms with Crippen molar-refractivity contribution >= 4 is 33.1 Å². The van der Waals surface area contributed by atoms with Crippen LogP contribution in [0.5, 0.6) is 0 Å². The van der Waals surface area contributed by atoms with E-state index in [9.17, 15) is 0 Å². The second-order valence-corrected chi connectivity index (χ2v) is 7.78. The third kappa shape index (κ3) is 2.61. The highest BCUT2D eigenvalue weighted by Gasteiger charge is 2.23. The first kappa shape index (κ1) is 14.6. The molecule has 1 N–H and O–H groups in total. The Balaban J connectivity index is 1.81. The molecule has 4 rings (SSSR count). The highest BCUT2D eigenvalue weighted by Crippen LogP contribution is 2.40. The van der Waals surface area contributed by atoms with Crippen LogP contribution in [0.2, 0.25) is 0 Å². The van der Waals surface area contributed by atoms with Gasteiger partial charge in [0.1, 0.15) is 17.0 Å². The fourth-order valence-corrected chi connectivity index (χ4v) is 4.80. The number of nitrogens with one attached hydrogen (secondary N) is 1. The summed E-state index contributed by atoms with van der Waals surface area (Å²) < 4.78 is 0. The summed E-state index contributed by atoms with van der Waals surface area (Å²) in [6.07, 6.45) is 5.26. The Bertz CT molecular complexity index is 882. The van der Waals surface area contributed by atoms with Gasteiger partial charge in [-0.3, -0.25) is 0 Å². The van der Waals surface area contributed by atoms with Gasteiger partial charge < -0.3 is 5.32 Å². The molecule has 1 aliphatic rings. The molecule has 0 aliphatic heterocycles. The maximum Gasteiger partial charge on any atom is 0.142 e. The number of aryl methyl sites for hydroxylation is 3. The largest absolute Gasteiger partial charge is 0.339 e. The van der Waals surface area contributed by atoms with Crippen LogP contribution >= 0.6 is 11.3 Å². The smallest absolute Gasteiger partial charge is 0.142 e. The van der Waals surface area contributed by atoms with E-state index in [0.717, 1.165) is 28.7 Å². The molecule has 1 aliphatic carbocycles. The van der Waals surface area contributed by atoms with Crippen LogP contribution in [0.1, 0.15) is 34.9 Å². The third-order valence-corrected chi connectivity index (χ3v) is 5.89. The molecule has 0 fully saturated rings. The van der Waals surface area contributed by atoms with Gasteiger partial charge in [-0.25, -0.2) is 9.97 Å². The molecular weight excluding hydrogens is 302 g/mol. The van der Waals surface area contributed by atoms with E-state index in [0.29, 0.717) is 0 Å². The fraction of sp³-hybridized carbons (Fsp3) is 0.368. The third-order valence-electron chi connectivity index (χ3n) is 4.73. The molecule has 23 heavy (non-hydrogen) atoms. The molecule has 3 aromatic rings. The van der Waals surface area contributed by atoms with Gasteiger partial charge in [-0.15, -0.1) is 11.3 Å². The van der Waals surface area contributed by atoms with E-state index in [2.05, 4.69) is 54.3 Å². The molecule has 0 spiro atoms. The van der Waals surface area contributed by atoms with Crippen molar-refractivity contribution in [1.29, 1.82) is 0 Å². The maximum atomic E-state index is 4.55. The van der Waals surface area contributed by atoms with Gasteiger partial charge in [0.2, 0.25) is 0 Å². The first-order valence-corrected chi connectivity index (χ1v) is 9.03. The molecule has 1 atom stereocenters. The Morgan fingerprint density at radius 1 is 1.22 bits per heavy atom. The Morgan fingerprint density at radius 3 is 2.91 bits per heavy atom. The standard InChI is InChI=1S/C19H21N3S/c1-11-5-7-15(13(3)8-11)22-18-17-14-6-4-12(2)9-16(14)23-19(17)21-10-20-18/h5,7-8,10,12H,4,6,9H2,1-3H3,(H,20,21,22). The molecule has 0 bridgehead atoms. The van der Waals surface area contributed by atoms with Gasteiger partial charge in [0.15, 0.2) is 0 Å². The van der Waals surface area contributed by atoms with Gasteiger partial charge in [-0.1, -0.05) is 24.6 Å². The van der Waals surface area contributed by atoms with E-state index in [1.54, 1.807) is 6.33 Å². The fourth-order valence-electron chi connectivity index (χ4n) is 3.45. The van der Waals surface area contributed by atoms with Crippen LogP contribution in [0.4, 0.5) is 11.5 Å². The van der Waals surface area contributed by atoms with Gasteiger partial charge in [0.05, 0.1) is 5.39 Å². The molecule has 0 saturated heterocycles. The average molecular weight is 323 g/mol. The number of anilines is 2. The SMILES string of the molecule is Cc1ccc(Nc2ncnc3sc4c(c23)CCC(C)C4)c(C)c1. The van der Waals surface area contributed by atoms with Gasteiger partial charge in [0, 0.05) is 10.6 Å². The Kier molecular flexibility index (Phi) is 3.57. The first-order chi connectivity index (χ1) is 11.1. The minimum absolute atomic E-state index is 0.777. The quantitative estimate of drug-likeness (QED) is 0.706. The predicted molar refractivity (Wildman–Crippen MR) is 97.8 cm³/mol. The van der Waals surface area contributed by atoms with E-state index in [-0.39, 0.29) is 0 Å². The summed E-state index contributed by atoms with van der Waals surface area (Å²) in [4.78, 5) is 11.7. The molecule has 0 amide bonds. The minimum Gasteiger partial charge on any atom is -0.339 e. The number of hydrogen-bond acceptors (Lipinski definition) is 4. The van der Waals surface area contributed by atoms with E-state index in [4.69, 9.17) is 0 Å². The van der Waals surface area contributed by atoms with Crippen molar-refractivity contribution in [2.24, 2.45) is 5.92 Å². The van der Waals surface area contributed by atoms with Crippen molar-refractivity contribution in [3.8, 4) is 0 Å². The summed E-state index contributed by atoms with van der Waals surface area (Å²) in [5, 5.41) is 4.78. The lowest BCUT2D eigenvalue weighted by atomic mass is 9.89. The Labute approximate surface area is 140 Å². The molecular formula is C19H21N3S. The lowest BCUT2D eigenvalue weighted by molar-refractivity contribution is 0.509. The monoisotopic (exact) mass is 323 g/mol. The molecule has 0 radical (unpaired) electrons. The number of aromatic nitrogens is 2. The molecule has 2 aromatic heterocycles. The number of hydrogen-bond donors (Lipinski definition) is 1. The van der Waals surface area contributed by atoms with Crippen molar-refractivity contribution in [1.82, 2.24) is 9.97 Å². The molecule has 4 heteroatoms. The van der Waals surface area contributed by atoms with Gasteiger partial charge in [-0.2, -0.15) is 0 Å². The van der Waals surface area contributed by atoms with E-state index < -0.39 is 0 Å². The number of rotatable bonds is 2. The molecule has 118 valence electrons. The van der Waals surface area contributed by atoms with Crippen molar-refractivity contribution in [3.63, 3.8) is 0 Å². The van der Waals surface area contributed by atoms with Gasteiger partial charge >= 0.3 is 0 Å². The number of thiophene rings is 1. The lowest BCUT2D eigenvalue weighted by Gasteiger charge is -2.18. The Morgan fingerprint density at radius 2 is 2.09 bits per heavy atom. The Hall–Kier alpha value is -1.94. The zero-order valence-corrected chi connectivity index (χ0v) is 14.6. The van der Waals surface area contributed by atoms with Crippen LogP contribution < -0.4 is 5.32 Å². The zero-order valence-electron chi connectivity index (χ0n) is 13.8. The van der Waals surface area contributed by atoms with Gasteiger partial charge in [0.25, 0.3) is 0 Å². The minimum atomic E-state index is 0.777. The van der Waals surface area contributed by atoms with Crippen LogP contribution in [-0.4, -0.2) is 9.97 Å². The topological polar surface area (TPSA) is 37.8 Å². The maximum absolute atomic E-state index is 4.55. The van der Waals surface area contributed by atoms with Crippen molar-refractivity contribution in [2.75, 3.05) is 5.32 Å². The van der Waals surface area contributed by atoms with Crippen LogP contribution in [0.25, 0.3) is 10.2 Å². The van der Waals surface area contributed by atoms with Crippen molar-refractivity contribution in [2.45, 2.75) is 40.0 Å². The van der Waals surface area contributed by atoms with Crippen LogP contribution in [0.15, 0.2) is 24.5 Å². The van der Waals surface area contributed by atoms with E-state index in [1.165, 1.54) is 39.8 Å². The predicted octanol–water partition coefficient (Wildman–Crippen LogP) is 5.18. The molecule has 1 unspecified atom stereocenters. The molecule has 1 aromatic carbocycles. The molecule has 3 nitrogen and oxygen atoms in total. The molecule has 2 heterocycles. The van der Waals surface area contributed by atoms with Crippen LogP contribution in [0.3, 0.4) is 0 Å². The molecule has 0 saturated carbocycles. The summed E-state index contributed by atoms with van der Waals surface area (Å²) in [6.45, 7) is 6.60. The number of fused-ring (bicyclic) bond motifs is 3. The van der Waals surface area contributed by atoms with Crippen LogP contribution in [0, 0.1) is 19.8 Å². The summed E-state index contributed by atoms with van der Waals surface area (Å²) in [5.41, 5.74) is 5.12. The van der Waals surface area contributed by atoms with Gasteiger partial charge in [-0.05, 0) is 56.2 Å². The second-order valence-electron chi connectivity index (χ2n) is 6.70. The number of benzene rings is 1. The summed E-state index contributed by atoms with van der Waals surface area (Å²) in [6, 6.07) is 6.48. The lowest BCUT2D eigenvalue weighted by Crippen LogP contribution is -2.09. The second kappa shape index (κ2) is 5.60. The summed E-state index contributed by atoms with van der Waals surface area (Å²) >= 11 is 1.84. The average Bonchev–Trinajstić information content (AvgIpc) is 2.88. The van der Waals surface area contributed by atoms with E-state index in [1.807, 2.05) is 11.3 Å². The normalized spacial score (nSPS) is 17.3. The highest BCUT2D eigenvalue weighted by molar-refractivity contribution is 7.19. The zero-order chi connectivity index (χ0) is 16.0. The highest BCUT2D eigenvalue weighted by atomic mass is 32.1. The van der Waals surface area contributed by atoms with Crippen LogP contribution in [-0.2, 0) is 12.8 Å². The first-order valence-electron chi connectivity index (χ1n) is 8.21. The summed E-state index contributed by atoms with van der Waals surface area (Å²) in [5.74, 6) is 1.73. The van der Waals surface area contributed by atoms with E-state index >= 15 is 0 Å². The number of nitrogens with zero attached hydrogens (tertiary/aromatic N) is 2.